The highest BCUT2D eigenvalue weighted by molar-refractivity contribution is 5.85. The van der Waals surface area contributed by atoms with Crippen LogP contribution in [0.5, 0.6) is 5.75 Å². The maximum atomic E-state index is 11.6. The van der Waals surface area contributed by atoms with Crippen LogP contribution in [0.15, 0.2) is 48.5 Å². The summed E-state index contributed by atoms with van der Waals surface area (Å²) in [6, 6.07) is 14.3. The topological polar surface area (TPSA) is 38.8 Å². The quantitative estimate of drug-likeness (QED) is 0.659. The van der Waals surface area contributed by atoms with E-state index in [4.69, 9.17) is 9.47 Å². The second-order valence-corrected chi connectivity index (χ2v) is 6.46. The van der Waals surface area contributed by atoms with Gasteiger partial charge in [-0.25, -0.2) is 0 Å². The average Bonchev–Trinajstić information content (AvgIpc) is 3.44. The van der Waals surface area contributed by atoms with Gasteiger partial charge in [-0.2, -0.15) is 0 Å². The van der Waals surface area contributed by atoms with Gasteiger partial charge < -0.3 is 9.47 Å². The van der Waals surface area contributed by atoms with E-state index in [1.807, 2.05) is 36.4 Å². The first-order valence-corrected chi connectivity index (χ1v) is 8.72. The second-order valence-electron chi connectivity index (χ2n) is 6.46. The number of ether oxygens (including phenoxy) is 2. The Bertz CT molecular complexity index is 752. The Morgan fingerprint density at radius 1 is 1.20 bits per heavy atom. The summed E-state index contributed by atoms with van der Waals surface area (Å²) in [5.41, 5.74) is 4.82. The number of epoxide rings is 1. The minimum Gasteiger partial charge on any atom is -0.489 e. The molecule has 0 N–H and O–H groups in total. The molecule has 3 nitrogen and oxygen atoms in total. The van der Waals surface area contributed by atoms with Crippen LogP contribution in [0.25, 0.3) is 6.08 Å². The summed E-state index contributed by atoms with van der Waals surface area (Å²) in [6.07, 6.45) is 5.23. The van der Waals surface area contributed by atoms with Crippen molar-refractivity contribution in [1.82, 2.24) is 0 Å². The summed E-state index contributed by atoms with van der Waals surface area (Å²) in [7, 11) is 0. The molecule has 0 bridgehead atoms. The van der Waals surface area contributed by atoms with E-state index in [0.29, 0.717) is 19.6 Å². The van der Waals surface area contributed by atoms with E-state index in [1.54, 1.807) is 0 Å². The fraction of sp³-hybridized carbons (Fsp3) is 0.318. The molecule has 1 aliphatic heterocycles. The van der Waals surface area contributed by atoms with Crippen LogP contribution in [0.1, 0.15) is 35.1 Å². The van der Waals surface area contributed by atoms with Crippen LogP contribution in [0.2, 0.25) is 0 Å². The molecule has 0 spiro atoms. The van der Waals surface area contributed by atoms with Crippen molar-refractivity contribution in [1.29, 1.82) is 0 Å². The van der Waals surface area contributed by atoms with Crippen molar-refractivity contribution in [3.8, 4) is 5.75 Å². The van der Waals surface area contributed by atoms with Crippen LogP contribution < -0.4 is 4.74 Å². The fourth-order valence-corrected chi connectivity index (χ4v) is 2.78. The SMILES string of the molecule is Cc1cccc(C)c1COc1cccc(/C=C/CCC(=O)C2CO2)c1. The van der Waals surface area contributed by atoms with Gasteiger partial charge in [0.05, 0.1) is 6.61 Å². The number of hydrogen-bond acceptors (Lipinski definition) is 3. The predicted octanol–water partition coefficient (Wildman–Crippen LogP) is 4.64. The molecule has 3 heteroatoms. The maximum Gasteiger partial charge on any atom is 0.164 e. The van der Waals surface area contributed by atoms with Crippen molar-refractivity contribution < 1.29 is 14.3 Å². The molecule has 1 unspecified atom stereocenters. The number of rotatable bonds is 8. The van der Waals surface area contributed by atoms with Gasteiger partial charge in [0.2, 0.25) is 0 Å². The Hall–Kier alpha value is -2.39. The minimum atomic E-state index is -0.130. The summed E-state index contributed by atoms with van der Waals surface area (Å²) in [5, 5.41) is 0. The molecule has 1 atom stereocenters. The van der Waals surface area contributed by atoms with Gasteiger partial charge in [-0.3, -0.25) is 4.79 Å². The Morgan fingerprint density at radius 2 is 1.92 bits per heavy atom. The third-order valence-electron chi connectivity index (χ3n) is 4.45. The lowest BCUT2D eigenvalue weighted by Crippen LogP contribution is -2.04. The lowest BCUT2D eigenvalue weighted by atomic mass is 10.0. The Labute approximate surface area is 149 Å². The van der Waals surface area contributed by atoms with Crippen LogP contribution in [0.4, 0.5) is 0 Å². The molecule has 1 heterocycles. The Kier molecular flexibility index (Phi) is 5.67. The third kappa shape index (κ3) is 5.04. The molecule has 1 fully saturated rings. The molecule has 3 rings (SSSR count). The summed E-state index contributed by atoms with van der Waals surface area (Å²) in [4.78, 5) is 11.6. The van der Waals surface area contributed by atoms with Crippen molar-refractivity contribution in [2.75, 3.05) is 6.61 Å². The van der Waals surface area contributed by atoms with Gasteiger partial charge in [-0.1, -0.05) is 42.5 Å². The van der Waals surface area contributed by atoms with Crippen molar-refractivity contribution in [3.63, 3.8) is 0 Å². The van der Waals surface area contributed by atoms with Gasteiger partial charge >= 0.3 is 0 Å². The molecule has 130 valence electrons. The number of ketones is 1. The van der Waals surface area contributed by atoms with E-state index >= 15 is 0 Å². The molecule has 25 heavy (non-hydrogen) atoms. The first-order valence-electron chi connectivity index (χ1n) is 8.72. The Balaban J connectivity index is 1.54. The van der Waals surface area contributed by atoms with Crippen LogP contribution in [-0.4, -0.2) is 18.5 Å². The monoisotopic (exact) mass is 336 g/mol. The lowest BCUT2D eigenvalue weighted by molar-refractivity contribution is -0.120. The molecule has 0 amide bonds. The van der Waals surface area contributed by atoms with E-state index in [0.717, 1.165) is 17.7 Å². The standard InChI is InChI=1S/C22H24O3/c1-16-7-5-8-17(2)20(16)14-24-19-11-6-10-18(13-19)9-3-4-12-21(23)22-15-25-22/h3,5-11,13,22H,4,12,14-15H2,1-2H3/b9-3+. The zero-order chi connectivity index (χ0) is 17.6. The molecule has 2 aromatic carbocycles. The number of hydrogen-bond donors (Lipinski definition) is 0. The highest BCUT2D eigenvalue weighted by Crippen LogP contribution is 2.20. The fourth-order valence-electron chi connectivity index (χ4n) is 2.78. The number of Topliss-reactive ketones (excluding diaryl/α,β-unsaturated/α-hetero) is 1. The molecule has 0 saturated carbocycles. The molecule has 2 aromatic rings. The summed E-state index contributed by atoms with van der Waals surface area (Å²) >= 11 is 0. The zero-order valence-electron chi connectivity index (χ0n) is 14.8. The van der Waals surface area contributed by atoms with Crippen LogP contribution >= 0.6 is 0 Å². The number of carbonyl (C=O) groups excluding carboxylic acids is 1. The van der Waals surface area contributed by atoms with Gasteiger partial charge in [0.25, 0.3) is 0 Å². The largest absolute Gasteiger partial charge is 0.489 e. The van der Waals surface area contributed by atoms with Gasteiger partial charge in [0.1, 0.15) is 18.5 Å². The third-order valence-corrected chi connectivity index (χ3v) is 4.45. The van der Waals surface area contributed by atoms with Gasteiger partial charge in [0.15, 0.2) is 5.78 Å². The number of allylic oxidation sites excluding steroid dienone is 1. The highest BCUT2D eigenvalue weighted by Gasteiger charge is 2.29. The van der Waals surface area contributed by atoms with E-state index in [9.17, 15) is 4.79 Å². The average molecular weight is 336 g/mol. The van der Waals surface area contributed by atoms with Crippen molar-refractivity contribution in [3.05, 3.63) is 70.8 Å². The normalized spacial score (nSPS) is 16.2. The van der Waals surface area contributed by atoms with Crippen molar-refractivity contribution in [2.45, 2.75) is 39.4 Å². The van der Waals surface area contributed by atoms with Crippen molar-refractivity contribution >= 4 is 11.9 Å². The first kappa shape index (κ1) is 17.4. The van der Waals surface area contributed by atoms with E-state index in [1.165, 1.54) is 16.7 Å². The first-order chi connectivity index (χ1) is 12.1. The molecular weight excluding hydrogens is 312 g/mol. The molecule has 0 aliphatic carbocycles. The zero-order valence-corrected chi connectivity index (χ0v) is 14.8. The lowest BCUT2D eigenvalue weighted by Gasteiger charge is -2.11. The predicted molar refractivity (Wildman–Crippen MR) is 99.7 cm³/mol. The number of aryl methyl sites for hydroxylation is 2. The van der Waals surface area contributed by atoms with E-state index in [2.05, 4.69) is 32.0 Å². The summed E-state index contributed by atoms with van der Waals surface area (Å²) < 4.78 is 11.0. The minimum absolute atomic E-state index is 0.130. The highest BCUT2D eigenvalue weighted by atomic mass is 16.6. The number of benzene rings is 2. The van der Waals surface area contributed by atoms with Gasteiger partial charge in [-0.15, -0.1) is 0 Å². The van der Waals surface area contributed by atoms with Crippen LogP contribution in [-0.2, 0) is 16.1 Å². The van der Waals surface area contributed by atoms with E-state index < -0.39 is 0 Å². The molecular formula is C22H24O3. The summed E-state index contributed by atoms with van der Waals surface area (Å²) in [6.45, 7) is 5.39. The smallest absolute Gasteiger partial charge is 0.164 e. The molecule has 0 radical (unpaired) electrons. The summed E-state index contributed by atoms with van der Waals surface area (Å²) in [5.74, 6) is 1.06. The molecule has 0 aromatic heterocycles. The number of carbonyl (C=O) groups is 1. The van der Waals surface area contributed by atoms with E-state index in [-0.39, 0.29) is 11.9 Å². The Morgan fingerprint density at radius 3 is 2.64 bits per heavy atom. The van der Waals surface area contributed by atoms with Crippen LogP contribution in [0.3, 0.4) is 0 Å². The maximum absolute atomic E-state index is 11.6. The second kappa shape index (κ2) is 8.13. The van der Waals surface area contributed by atoms with Gasteiger partial charge in [-0.05, 0) is 54.7 Å². The van der Waals surface area contributed by atoms with Crippen LogP contribution in [0, 0.1) is 13.8 Å². The molecule has 1 aliphatic rings. The van der Waals surface area contributed by atoms with Crippen molar-refractivity contribution in [2.24, 2.45) is 0 Å². The van der Waals surface area contributed by atoms with Gasteiger partial charge in [0, 0.05) is 6.42 Å². The molecule has 1 saturated heterocycles.